The van der Waals surface area contributed by atoms with Crippen LogP contribution in [0.15, 0.2) is 13.6 Å². The molecule has 0 fully saturated rings. The molecular weight excluding hydrogens is 368 g/mol. The topological polar surface area (TPSA) is 26.3 Å². The molecule has 0 aliphatic carbocycles. The van der Waals surface area contributed by atoms with Gasteiger partial charge in [0.05, 0.1) is 13.1 Å². The molecule has 1 aromatic heterocycles. The number of ether oxygens (including phenoxy) is 1. The Balaban J connectivity index is 2.69. The van der Waals surface area contributed by atoms with Crippen molar-refractivity contribution in [2.24, 2.45) is 0 Å². The summed E-state index contributed by atoms with van der Waals surface area (Å²) in [7, 11) is 0. The largest absolute Gasteiger partial charge is 0.456 e. The van der Waals surface area contributed by atoms with E-state index in [1.54, 1.807) is 6.07 Å². The van der Waals surface area contributed by atoms with Gasteiger partial charge in [0.1, 0.15) is 5.60 Å². The quantitative estimate of drug-likeness (QED) is 0.636. The molecule has 0 N–H and O–H groups in total. The van der Waals surface area contributed by atoms with E-state index in [1.807, 2.05) is 13.8 Å². The number of thiophene rings is 1. The second kappa shape index (κ2) is 6.34. The molecule has 0 saturated heterocycles. The number of hydrogen-bond acceptors (Lipinski definition) is 3. The highest BCUT2D eigenvalue weighted by Crippen LogP contribution is 2.33. The third-order valence-corrected chi connectivity index (χ3v) is 4.72. The summed E-state index contributed by atoms with van der Waals surface area (Å²) in [6.45, 7) is 6.04. The Hall–Kier alpha value is 0.130. The zero-order chi connectivity index (χ0) is 13.1. The fraction of sp³-hybridized carbons (Fsp3) is 0.583. The Morgan fingerprint density at radius 3 is 2.59 bits per heavy atom. The predicted octanol–water partition coefficient (Wildman–Crippen LogP) is 5.40. The highest BCUT2D eigenvalue weighted by atomic mass is 79.9. The van der Waals surface area contributed by atoms with E-state index in [-0.39, 0.29) is 5.97 Å². The number of carbonyl (C=O) groups is 1. The molecule has 0 atom stereocenters. The maximum atomic E-state index is 12.0. The molecule has 0 aromatic carbocycles. The zero-order valence-electron chi connectivity index (χ0n) is 10.2. The van der Waals surface area contributed by atoms with Crippen molar-refractivity contribution in [3.05, 3.63) is 19.2 Å². The summed E-state index contributed by atoms with van der Waals surface area (Å²) in [6, 6.07) is 1.78. The van der Waals surface area contributed by atoms with Crippen LogP contribution in [-0.2, 0) is 4.74 Å². The van der Waals surface area contributed by atoms with Gasteiger partial charge in [-0.25, -0.2) is 4.79 Å². The molecule has 96 valence electrons. The monoisotopic (exact) mass is 382 g/mol. The maximum Gasteiger partial charge on any atom is 0.340 e. The molecule has 0 amide bonds. The molecule has 0 aliphatic heterocycles. The Morgan fingerprint density at radius 2 is 2.12 bits per heavy atom. The second-order valence-corrected chi connectivity index (χ2v) is 8.24. The molecule has 0 unspecified atom stereocenters. The van der Waals surface area contributed by atoms with Crippen molar-refractivity contribution in [1.29, 1.82) is 0 Å². The Bertz CT molecular complexity index is 399. The first-order chi connectivity index (χ1) is 7.85. The van der Waals surface area contributed by atoms with Gasteiger partial charge in [-0.3, -0.25) is 0 Å². The van der Waals surface area contributed by atoms with Gasteiger partial charge in [0, 0.05) is 0 Å². The lowest BCUT2D eigenvalue weighted by molar-refractivity contribution is -0.00535. The lowest BCUT2D eigenvalue weighted by atomic mass is 10.0. The number of unbranched alkanes of at least 4 members (excludes halogenated alkanes) is 1. The molecule has 0 spiro atoms. The maximum absolute atomic E-state index is 12.0. The summed E-state index contributed by atoms with van der Waals surface area (Å²) < 4.78 is 7.26. The molecule has 1 aromatic rings. The van der Waals surface area contributed by atoms with E-state index in [4.69, 9.17) is 4.74 Å². The first-order valence-electron chi connectivity index (χ1n) is 5.54. The van der Waals surface area contributed by atoms with Crippen molar-refractivity contribution in [2.45, 2.75) is 45.6 Å². The average molecular weight is 384 g/mol. The van der Waals surface area contributed by atoms with E-state index in [0.29, 0.717) is 5.56 Å². The Morgan fingerprint density at radius 1 is 1.47 bits per heavy atom. The van der Waals surface area contributed by atoms with Crippen LogP contribution in [0.5, 0.6) is 0 Å². The third kappa shape index (κ3) is 4.72. The molecule has 17 heavy (non-hydrogen) atoms. The minimum Gasteiger partial charge on any atom is -0.456 e. The van der Waals surface area contributed by atoms with E-state index in [2.05, 4.69) is 38.8 Å². The third-order valence-electron chi connectivity index (χ3n) is 2.38. The van der Waals surface area contributed by atoms with Crippen LogP contribution in [0.4, 0.5) is 0 Å². The van der Waals surface area contributed by atoms with Gasteiger partial charge in [-0.2, -0.15) is 0 Å². The lowest BCUT2D eigenvalue weighted by Crippen LogP contribution is -2.27. The van der Waals surface area contributed by atoms with Gasteiger partial charge in [-0.05, 0) is 64.6 Å². The minimum atomic E-state index is -0.402. The lowest BCUT2D eigenvalue weighted by Gasteiger charge is -2.24. The second-order valence-electron chi connectivity index (χ2n) is 4.49. The number of hydrogen-bond donors (Lipinski definition) is 0. The zero-order valence-corrected chi connectivity index (χ0v) is 14.2. The highest BCUT2D eigenvalue weighted by Gasteiger charge is 2.25. The standard InChI is InChI=1S/C12H16Br2O2S/c1-4-5-6-12(2,3)16-11(15)8-7-9(13)17-10(8)14/h7H,4-6H2,1-3H3. The molecule has 1 heterocycles. The van der Waals surface area contributed by atoms with Crippen molar-refractivity contribution < 1.29 is 9.53 Å². The van der Waals surface area contributed by atoms with Crippen LogP contribution in [0.3, 0.4) is 0 Å². The minimum absolute atomic E-state index is 0.264. The first-order valence-corrected chi connectivity index (χ1v) is 7.94. The summed E-state index contributed by atoms with van der Waals surface area (Å²) in [5.74, 6) is -0.264. The summed E-state index contributed by atoms with van der Waals surface area (Å²) >= 11 is 8.19. The Labute approximate surface area is 123 Å². The number of rotatable bonds is 5. The van der Waals surface area contributed by atoms with E-state index in [1.165, 1.54) is 11.3 Å². The van der Waals surface area contributed by atoms with E-state index in [0.717, 1.165) is 26.8 Å². The number of esters is 1. The molecule has 0 bridgehead atoms. The number of halogens is 2. The smallest absolute Gasteiger partial charge is 0.340 e. The first kappa shape index (κ1) is 15.2. The Kier molecular flexibility index (Phi) is 5.67. The van der Waals surface area contributed by atoms with Crippen LogP contribution < -0.4 is 0 Å². The van der Waals surface area contributed by atoms with E-state index in [9.17, 15) is 4.79 Å². The van der Waals surface area contributed by atoms with E-state index < -0.39 is 5.60 Å². The number of carbonyl (C=O) groups excluding carboxylic acids is 1. The summed E-state index contributed by atoms with van der Waals surface area (Å²) in [4.78, 5) is 12.0. The van der Waals surface area contributed by atoms with Gasteiger partial charge in [0.25, 0.3) is 0 Å². The van der Waals surface area contributed by atoms with Gasteiger partial charge in [0.15, 0.2) is 0 Å². The van der Waals surface area contributed by atoms with Crippen LogP contribution in [0, 0.1) is 0 Å². The molecule has 5 heteroatoms. The summed E-state index contributed by atoms with van der Waals surface area (Å²) in [6.07, 6.45) is 3.06. The molecule has 2 nitrogen and oxygen atoms in total. The van der Waals surface area contributed by atoms with Crippen molar-refractivity contribution in [3.63, 3.8) is 0 Å². The van der Waals surface area contributed by atoms with Gasteiger partial charge >= 0.3 is 5.97 Å². The van der Waals surface area contributed by atoms with Crippen LogP contribution in [-0.4, -0.2) is 11.6 Å². The van der Waals surface area contributed by atoms with Gasteiger partial charge in [0.2, 0.25) is 0 Å². The predicted molar refractivity (Wildman–Crippen MR) is 78.7 cm³/mol. The van der Waals surface area contributed by atoms with Crippen molar-refractivity contribution >= 4 is 49.2 Å². The average Bonchev–Trinajstić information content (AvgIpc) is 2.54. The van der Waals surface area contributed by atoms with Gasteiger partial charge < -0.3 is 4.74 Å². The SMILES string of the molecule is CCCCC(C)(C)OC(=O)c1cc(Br)sc1Br. The molecule has 0 radical (unpaired) electrons. The molecule has 1 rings (SSSR count). The van der Waals surface area contributed by atoms with Gasteiger partial charge in [-0.1, -0.05) is 13.3 Å². The summed E-state index contributed by atoms with van der Waals surface area (Å²) in [5.41, 5.74) is 0.187. The molecule has 0 saturated carbocycles. The van der Waals surface area contributed by atoms with Crippen molar-refractivity contribution in [3.8, 4) is 0 Å². The van der Waals surface area contributed by atoms with E-state index >= 15 is 0 Å². The van der Waals surface area contributed by atoms with Crippen molar-refractivity contribution in [1.82, 2.24) is 0 Å². The molecular formula is C12H16Br2O2S. The van der Waals surface area contributed by atoms with Crippen LogP contribution in [0.1, 0.15) is 50.4 Å². The molecule has 0 aliphatic rings. The van der Waals surface area contributed by atoms with Crippen LogP contribution >= 0.6 is 43.2 Å². The normalized spacial score (nSPS) is 11.6. The fourth-order valence-electron chi connectivity index (χ4n) is 1.44. The van der Waals surface area contributed by atoms with Crippen molar-refractivity contribution in [2.75, 3.05) is 0 Å². The van der Waals surface area contributed by atoms with Gasteiger partial charge in [-0.15, -0.1) is 11.3 Å². The summed E-state index contributed by atoms with van der Waals surface area (Å²) in [5, 5.41) is 0. The van der Waals surface area contributed by atoms with Crippen LogP contribution in [0.25, 0.3) is 0 Å². The fourth-order valence-corrected chi connectivity index (χ4v) is 4.20. The van der Waals surface area contributed by atoms with Crippen LogP contribution in [0.2, 0.25) is 0 Å². The highest BCUT2D eigenvalue weighted by molar-refractivity contribution is 9.12.